The molecule has 0 spiro atoms. The third-order valence-corrected chi connectivity index (χ3v) is 2.40. The minimum Gasteiger partial charge on any atom is -0.468 e. The Hall–Kier alpha value is -1.55. The van der Waals surface area contributed by atoms with E-state index in [4.69, 9.17) is 11.6 Å². The van der Waals surface area contributed by atoms with Crippen LogP contribution in [0.25, 0.3) is 10.9 Å². The number of esters is 1. The molecule has 0 unspecified atom stereocenters. The van der Waals surface area contributed by atoms with Crippen LogP contribution in [-0.4, -0.2) is 22.9 Å². The molecule has 0 radical (unpaired) electrons. The maximum absolute atomic E-state index is 11.1. The monoisotopic (exact) mass is 224 g/mol. The van der Waals surface area contributed by atoms with E-state index in [0.29, 0.717) is 5.15 Å². The molecule has 0 bridgehead atoms. The summed E-state index contributed by atoms with van der Waals surface area (Å²) in [5.74, 6) is -0.347. The fraction of sp³-hybridized carbons (Fsp3) is 0.200. The van der Waals surface area contributed by atoms with Crippen LogP contribution < -0.4 is 0 Å². The highest BCUT2D eigenvalue weighted by molar-refractivity contribution is 6.34. The molecule has 0 aliphatic heterocycles. The average molecular weight is 225 g/mol. The number of benzene rings is 1. The van der Waals surface area contributed by atoms with E-state index in [0.717, 1.165) is 10.9 Å². The number of hydrogen-bond donors (Lipinski definition) is 0. The van der Waals surface area contributed by atoms with E-state index in [-0.39, 0.29) is 12.5 Å². The maximum atomic E-state index is 11.1. The average Bonchev–Trinajstić information content (AvgIpc) is 2.57. The van der Waals surface area contributed by atoms with Crippen LogP contribution >= 0.6 is 11.6 Å². The van der Waals surface area contributed by atoms with Crippen LogP contribution in [0.2, 0.25) is 5.15 Å². The molecule has 15 heavy (non-hydrogen) atoms. The van der Waals surface area contributed by atoms with Gasteiger partial charge in [-0.2, -0.15) is 5.10 Å². The van der Waals surface area contributed by atoms with Crippen molar-refractivity contribution in [3.8, 4) is 0 Å². The molecule has 0 amide bonds. The first-order valence-electron chi connectivity index (χ1n) is 4.40. The predicted octanol–water partition coefficient (Wildman–Crippen LogP) is 1.86. The van der Waals surface area contributed by atoms with E-state index in [1.807, 2.05) is 24.3 Å². The van der Waals surface area contributed by atoms with Crippen molar-refractivity contribution in [3.05, 3.63) is 29.4 Å². The minimum atomic E-state index is -0.347. The lowest BCUT2D eigenvalue weighted by Gasteiger charge is -2.00. The topological polar surface area (TPSA) is 44.1 Å². The molecule has 0 N–H and O–H groups in total. The number of aromatic nitrogens is 2. The number of hydrogen-bond acceptors (Lipinski definition) is 3. The first-order valence-corrected chi connectivity index (χ1v) is 4.78. The molecular weight excluding hydrogens is 216 g/mol. The van der Waals surface area contributed by atoms with Crippen LogP contribution in [0.4, 0.5) is 0 Å². The number of para-hydroxylation sites is 1. The number of rotatable bonds is 2. The van der Waals surface area contributed by atoms with E-state index in [1.54, 1.807) is 0 Å². The summed E-state index contributed by atoms with van der Waals surface area (Å²) < 4.78 is 6.10. The van der Waals surface area contributed by atoms with Crippen molar-refractivity contribution in [3.63, 3.8) is 0 Å². The van der Waals surface area contributed by atoms with Gasteiger partial charge in [0.25, 0.3) is 0 Å². The van der Waals surface area contributed by atoms with Gasteiger partial charge in [-0.3, -0.25) is 9.48 Å². The van der Waals surface area contributed by atoms with Crippen molar-refractivity contribution in [2.45, 2.75) is 6.54 Å². The Bertz CT molecular complexity index is 507. The lowest BCUT2D eigenvalue weighted by molar-refractivity contribution is -0.141. The summed E-state index contributed by atoms with van der Waals surface area (Å²) in [6.45, 7) is 0.0731. The maximum Gasteiger partial charge on any atom is 0.327 e. The third-order valence-electron chi connectivity index (χ3n) is 2.12. The molecule has 4 nitrogen and oxygen atoms in total. The second-order valence-corrected chi connectivity index (χ2v) is 3.40. The van der Waals surface area contributed by atoms with Gasteiger partial charge in [-0.1, -0.05) is 23.7 Å². The number of ether oxygens (including phenoxy) is 1. The highest BCUT2D eigenvalue weighted by atomic mass is 35.5. The molecule has 2 rings (SSSR count). The summed E-state index contributed by atoms with van der Waals surface area (Å²) in [4.78, 5) is 11.1. The van der Waals surface area contributed by atoms with Crippen molar-refractivity contribution >= 4 is 28.5 Å². The number of nitrogens with zero attached hydrogens (tertiary/aromatic N) is 2. The van der Waals surface area contributed by atoms with E-state index >= 15 is 0 Å². The molecule has 0 atom stereocenters. The first-order chi connectivity index (χ1) is 7.22. The van der Waals surface area contributed by atoms with E-state index in [2.05, 4.69) is 9.84 Å². The lowest BCUT2D eigenvalue weighted by Crippen LogP contribution is -2.12. The van der Waals surface area contributed by atoms with Crippen molar-refractivity contribution in [2.75, 3.05) is 7.11 Å². The largest absolute Gasteiger partial charge is 0.468 e. The number of carbonyl (C=O) groups excluding carboxylic acids is 1. The molecule has 0 fully saturated rings. The van der Waals surface area contributed by atoms with Crippen LogP contribution in [0.5, 0.6) is 0 Å². The van der Waals surface area contributed by atoms with Crippen LogP contribution in [0.3, 0.4) is 0 Å². The van der Waals surface area contributed by atoms with Crippen LogP contribution in [0, 0.1) is 0 Å². The summed E-state index contributed by atoms with van der Waals surface area (Å²) in [7, 11) is 1.34. The Labute approximate surface area is 91.4 Å². The number of methoxy groups -OCH3 is 1. The number of halogens is 1. The summed E-state index contributed by atoms with van der Waals surface area (Å²) in [6, 6.07) is 7.46. The van der Waals surface area contributed by atoms with E-state index in [9.17, 15) is 4.79 Å². The highest BCUT2D eigenvalue weighted by Gasteiger charge is 2.10. The summed E-state index contributed by atoms with van der Waals surface area (Å²) >= 11 is 5.92. The smallest absolute Gasteiger partial charge is 0.327 e. The number of fused-ring (bicyclic) bond motifs is 1. The van der Waals surface area contributed by atoms with Gasteiger partial charge in [0.15, 0.2) is 5.15 Å². The standard InChI is InChI=1S/C10H9ClN2O2/c1-15-9(14)6-13-8-5-3-2-4-7(8)10(11)12-13/h2-5H,6H2,1H3. The second-order valence-electron chi connectivity index (χ2n) is 3.04. The van der Waals surface area contributed by atoms with E-state index < -0.39 is 0 Å². The lowest BCUT2D eigenvalue weighted by atomic mass is 10.2. The zero-order chi connectivity index (χ0) is 10.8. The van der Waals surface area contributed by atoms with Gasteiger partial charge in [0.1, 0.15) is 6.54 Å². The summed E-state index contributed by atoms with van der Waals surface area (Å²) in [5.41, 5.74) is 0.827. The Morgan fingerprint density at radius 3 is 3.00 bits per heavy atom. The van der Waals surface area contributed by atoms with Crippen LogP contribution in [0.1, 0.15) is 0 Å². The Balaban J connectivity index is 2.48. The van der Waals surface area contributed by atoms with Gasteiger partial charge < -0.3 is 4.74 Å². The fourth-order valence-corrected chi connectivity index (χ4v) is 1.65. The quantitative estimate of drug-likeness (QED) is 0.732. The van der Waals surface area contributed by atoms with Gasteiger partial charge in [-0.25, -0.2) is 0 Å². The first kappa shape index (κ1) is 9.98. The molecule has 0 aliphatic carbocycles. The van der Waals surface area contributed by atoms with Crippen molar-refractivity contribution in [1.82, 2.24) is 9.78 Å². The Kier molecular flexibility index (Phi) is 2.60. The minimum absolute atomic E-state index is 0.0731. The highest BCUT2D eigenvalue weighted by Crippen LogP contribution is 2.22. The molecule has 1 heterocycles. The molecule has 5 heteroatoms. The summed E-state index contributed by atoms with van der Waals surface area (Å²) in [5, 5.41) is 5.29. The van der Waals surface area contributed by atoms with Crippen LogP contribution in [-0.2, 0) is 16.1 Å². The molecule has 78 valence electrons. The summed E-state index contributed by atoms with van der Waals surface area (Å²) in [6.07, 6.45) is 0. The molecule has 0 saturated heterocycles. The molecule has 1 aromatic heterocycles. The van der Waals surface area contributed by atoms with Gasteiger partial charge >= 0.3 is 5.97 Å². The second kappa shape index (κ2) is 3.90. The number of carbonyl (C=O) groups is 1. The van der Waals surface area contributed by atoms with Gasteiger partial charge in [0.2, 0.25) is 0 Å². The molecule has 0 saturated carbocycles. The fourth-order valence-electron chi connectivity index (χ4n) is 1.39. The van der Waals surface area contributed by atoms with Crippen molar-refractivity contribution in [1.29, 1.82) is 0 Å². The molecule has 0 aliphatic rings. The Morgan fingerprint density at radius 1 is 1.53 bits per heavy atom. The zero-order valence-electron chi connectivity index (χ0n) is 8.11. The zero-order valence-corrected chi connectivity index (χ0v) is 8.86. The Morgan fingerprint density at radius 2 is 2.27 bits per heavy atom. The molecule has 1 aromatic carbocycles. The van der Waals surface area contributed by atoms with E-state index in [1.165, 1.54) is 11.8 Å². The molecule has 2 aromatic rings. The normalized spacial score (nSPS) is 10.5. The van der Waals surface area contributed by atoms with Crippen LogP contribution in [0.15, 0.2) is 24.3 Å². The van der Waals surface area contributed by atoms with Gasteiger partial charge in [0, 0.05) is 5.39 Å². The third kappa shape index (κ3) is 1.80. The van der Waals surface area contributed by atoms with Gasteiger partial charge in [-0.05, 0) is 12.1 Å². The predicted molar refractivity (Wildman–Crippen MR) is 56.8 cm³/mol. The van der Waals surface area contributed by atoms with Gasteiger partial charge in [0.05, 0.1) is 12.6 Å². The van der Waals surface area contributed by atoms with Crippen molar-refractivity contribution in [2.24, 2.45) is 0 Å². The van der Waals surface area contributed by atoms with Gasteiger partial charge in [-0.15, -0.1) is 0 Å². The SMILES string of the molecule is COC(=O)Cn1nc(Cl)c2ccccc21. The van der Waals surface area contributed by atoms with Crippen molar-refractivity contribution < 1.29 is 9.53 Å². The molecular formula is C10H9ClN2O2.